The van der Waals surface area contributed by atoms with Crippen LogP contribution in [0.2, 0.25) is 0 Å². The number of thioether (sulfide) groups is 1. The summed E-state index contributed by atoms with van der Waals surface area (Å²) in [7, 11) is 4.53. The molecular formula is C26H23N3O4S. The first-order valence-corrected chi connectivity index (χ1v) is 11.4. The van der Waals surface area contributed by atoms with E-state index in [9.17, 15) is 4.79 Å². The smallest absolute Gasteiger partial charge is 0.266 e. The van der Waals surface area contributed by atoms with Gasteiger partial charge in [0.15, 0.2) is 16.7 Å². The first kappa shape index (κ1) is 23.2. The van der Waals surface area contributed by atoms with Crippen LogP contribution in [0.5, 0.6) is 17.2 Å². The zero-order valence-electron chi connectivity index (χ0n) is 19.3. The molecule has 0 bridgehead atoms. The molecule has 0 aliphatic heterocycles. The van der Waals surface area contributed by atoms with Crippen LogP contribution in [0.1, 0.15) is 16.7 Å². The number of aromatic nitrogens is 2. The molecule has 0 aliphatic carbocycles. The monoisotopic (exact) mass is 473 g/mol. The zero-order valence-corrected chi connectivity index (χ0v) is 20.1. The molecule has 3 aromatic carbocycles. The van der Waals surface area contributed by atoms with Crippen LogP contribution in [0.4, 0.5) is 0 Å². The molecule has 0 saturated carbocycles. The Morgan fingerprint density at radius 1 is 1.00 bits per heavy atom. The SMILES string of the molecule is COc1cc2c(=O)n(-c3cccc(C)c3)c(SCc3ccc(C#N)cc3)nc2c(OC)c1OC. The molecule has 0 N–H and O–H groups in total. The van der Waals surface area contributed by atoms with E-state index in [0.29, 0.717) is 44.6 Å². The molecule has 1 aromatic heterocycles. The van der Waals surface area contributed by atoms with E-state index in [2.05, 4.69) is 6.07 Å². The Morgan fingerprint density at radius 2 is 1.74 bits per heavy atom. The number of hydrogen-bond donors (Lipinski definition) is 0. The zero-order chi connectivity index (χ0) is 24.2. The Hall–Kier alpha value is -3.96. The number of ether oxygens (including phenoxy) is 3. The third-order valence-electron chi connectivity index (χ3n) is 5.35. The van der Waals surface area contributed by atoms with Crippen molar-refractivity contribution in [1.29, 1.82) is 5.26 Å². The Morgan fingerprint density at radius 3 is 2.35 bits per heavy atom. The fourth-order valence-electron chi connectivity index (χ4n) is 3.68. The second kappa shape index (κ2) is 9.89. The lowest BCUT2D eigenvalue weighted by Crippen LogP contribution is -2.22. The standard InChI is InChI=1S/C26H23N3O4S/c1-16-6-5-7-19(12-16)29-25(30)20-13-21(31-2)23(32-3)24(33-4)22(20)28-26(29)34-15-18-10-8-17(14-27)9-11-18/h5-13H,15H2,1-4H3. The molecule has 0 atom stereocenters. The number of benzene rings is 3. The van der Waals surface area contributed by atoms with Gasteiger partial charge in [-0.2, -0.15) is 5.26 Å². The van der Waals surface area contributed by atoms with Crippen molar-refractivity contribution in [1.82, 2.24) is 9.55 Å². The van der Waals surface area contributed by atoms with Crippen LogP contribution < -0.4 is 19.8 Å². The normalized spacial score (nSPS) is 10.7. The Kier molecular flexibility index (Phi) is 6.75. The van der Waals surface area contributed by atoms with Gasteiger partial charge in [0.05, 0.1) is 44.0 Å². The summed E-state index contributed by atoms with van der Waals surface area (Å²) in [6.45, 7) is 1.98. The number of methoxy groups -OCH3 is 3. The minimum Gasteiger partial charge on any atom is -0.493 e. The first-order valence-electron chi connectivity index (χ1n) is 10.4. The molecule has 1 heterocycles. The van der Waals surface area contributed by atoms with Crippen molar-refractivity contribution in [2.75, 3.05) is 21.3 Å². The quantitative estimate of drug-likeness (QED) is 0.279. The van der Waals surface area contributed by atoms with E-state index < -0.39 is 0 Å². The average molecular weight is 474 g/mol. The minimum atomic E-state index is -0.239. The molecule has 0 amide bonds. The summed E-state index contributed by atoms with van der Waals surface area (Å²) < 4.78 is 18.2. The summed E-state index contributed by atoms with van der Waals surface area (Å²) in [5, 5.41) is 9.92. The van der Waals surface area contributed by atoms with Crippen molar-refractivity contribution in [2.45, 2.75) is 17.8 Å². The third-order valence-corrected chi connectivity index (χ3v) is 6.36. The van der Waals surface area contributed by atoms with Gasteiger partial charge in [0.1, 0.15) is 5.52 Å². The van der Waals surface area contributed by atoms with Crippen molar-refractivity contribution < 1.29 is 14.2 Å². The average Bonchev–Trinajstić information content (AvgIpc) is 2.86. The molecule has 4 rings (SSSR count). The molecule has 0 saturated heterocycles. The van der Waals surface area contributed by atoms with Gasteiger partial charge in [-0.3, -0.25) is 9.36 Å². The van der Waals surface area contributed by atoms with Gasteiger partial charge in [0.2, 0.25) is 5.75 Å². The maximum absolute atomic E-state index is 13.8. The summed E-state index contributed by atoms with van der Waals surface area (Å²) >= 11 is 1.43. The maximum atomic E-state index is 13.8. The number of hydrogen-bond acceptors (Lipinski definition) is 7. The fraction of sp³-hybridized carbons (Fsp3) is 0.192. The van der Waals surface area contributed by atoms with Crippen molar-refractivity contribution in [3.63, 3.8) is 0 Å². The van der Waals surface area contributed by atoms with Gasteiger partial charge in [-0.15, -0.1) is 0 Å². The predicted octanol–water partition coefficient (Wildman–Crippen LogP) is 4.88. The molecule has 0 unspecified atom stereocenters. The van der Waals surface area contributed by atoms with Gasteiger partial charge < -0.3 is 14.2 Å². The lowest BCUT2D eigenvalue weighted by Gasteiger charge is -2.17. The molecule has 7 nitrogen and oxygen atoms in total. The summed E-state index contributed by atoms with van der Waals surface area (Å²) in [5.41, 5.74) is 3.51. The molecular weight excluding hydrogens is 450 g/mol. The first-order chi connectivity index (χ1) is 16.5. The van der Waals surface area contributed by atoms with Crippen LogP contribution in [0.25, 0.3) is 16.6 Å². The van der Waals surface area contributed by atoms with Crippen LogP contribution >= 0.6 is 11.8 Å². The minimum absolute atomic E-state index is 0.239. The molecule has 0 aliphatic rings. The number of rotatable bonds is 7. The van der Waals surface area contributed by atoms with E-state index in [1.165, 1.54) is 33.1 Å². The summed E-state index contributed by atoms with van der Waals surface area (Å²) in [6, 6.07) is 18.8. The second-order valence-electron chi connectivity index (χ2n) is 7.51. The molecule has 8 heteroatoms. The largest absolute Gasteiger partial charge is 0.493 e. The fourth-order valence-corrected chi connectivity index (χ4v) is 4.64. The number of aryl methyl sites for hydroxylation is 1. The summed E-state index contributed by atoms with van der Waals surface area (Å²) in [5.74, 6) is 1.66. The van der Waals surface area contributed by atoms with Crippen LogP contribution in [0, 0.1) is 18.3 Å². The van der Waals surface area contributed by atoms with Crippen molar-refractivity contribution >= 4 is 22.7 Å². The van der Waals surface area contributed by atoms with Crippen LogP contribution in [0.3, 0.4) is 0 Å². The van der Waals surface area contributed by atoms with Gasteiger partial charge >= 0.3 is 0 Å². The van der Waals surface area contributed by atoms with E-state index in [1.54, 1.807) is 22.8 Å². The van der Waals surface area contributed by atoms with Gasteiger partial charge in [-0.05, 0) is 48.4 Å². The molecule has 0 radical (unpaired) electrons. The highest BCUT2D eigenvalue weighted by atomic mass is 32.2. The van der Waals surface area contributed by atoms with Gasteiger partial charge in [0, 0.05) is 5.75 Å². The Bertz CT molecular complexity index is 1460. The maximum Gasteiger partial charge on any atom is 0.266 e. The summed E-state index contributed by atoms with van der Waals surface area (Å²) in [6.07, 6.45) is 0. The molecule has 0 fully saturated rings. The molecule has 4 aromatic rings. The van der Waals surface area contributed by atoms with Crippen LogP contribution in [0.15, 0.2) is 64.5 Å². The highest BCUT2D eigenvalue weighted by Crippen LogP contribution is 2.42. The van der Waals surface area contributed by atoms with E-state index in [0.717, 1.165) is 16.8 Å². The second-order valence-corrected chi connectivity index (χ2v) is 8.46. The number of nitriles is 1. The van der Waals surface area contributed by atoms with Gasteiger partial charge in [0.25, 0.3) is 5.56 Å². The summed E-state index contributed by atoms with van der Waals surface area (Å²) in [4.78, 5) is 18.7. The Balaban J connectivity index is 1.94. The van der Waals surface area contributed by atoms with Crippen molar-refractivity contribution in [2.24, 2.45) is 0 Å². The molecule has 34 heavy (non-hydrogen) atoms. The highest BCUT2D eigenvalue weighted by Gasteiger charge is 2.22. The van der Waals surface area contributed by atoms with E-state index in [4.69, 9.17) is 24.5 Å². The molecule has 172 valence electrons. The lowest BCUT2D eigenvalue weighted by atomic mass is 10.2. The third kappa shape index (κ3) is 4.30. The predicted molar refractivity (Wildman–Crippen MR) is 132 cm³/mol. The van der Waals surface area contributed by atoms with Gasteiger partial charge in [-0.1, -0.05) is 36.0 Å². The number of fused-ring (bicyclic) bond motifs is 1. The van der Waals surface area contributed by atoms with E-state index in [1.807, 2.05) is 43.3 Å². The number of nitrogens with zero attached hydrogens (tertiary/aromatic N) is 3. The topological polar surface area (TPSA) is 86.4 Å². The van der Waals surface area contributed by atoms with E-state index >= 15 is 0 Å². The van der Waals surface area contributed by atoms with Crippen LogP contribution in [-0.4, -0.2) is 30.9 Å². The Labute approximate surface area is 201 Å². The van der Waals surface area contributed by atoms with Crippen LogP contribution in [-0.2, 0) is 5.75 Å². The van der Waals surface area contributed by atoms with Gasteiger partial charge in [-0.25, -0.2) is 4.98 Å². The highest BCUT2D eigenvalue weighted by molar-refractivity contribution is 7.98. The lowest BCUT2D eigenvalue weighted by molar-refractivity contribution is 0.326. The van der Waals surface area contributed by atoms with Crippen molar-refractivity contribution in [3.8, 4) is 29.0 Å². The molecule has 0 spiro atoms. The van der Waals surface area contributed by atoms with Crippen molar-refractivity contribution in [3.05, 3.63) is 81.6 Å². The van der Waals surface area contributed by atoms with E-state index in [-0.39, 0.29) is 5.56 Å².